The first-order chi connectivity index (χ1) is 12.6. The molecule has 0 saturated carbocycles. The Morgan fingerprint density at radius 3 is 2.58 bits per heavy atom. The molecule has 0 bridgehead atoms. The lowest BCUT2D eigenvalue weighted by Crippen LogP contribution is -2.13. The van der Waals surface area contributed by atoms with E-state index in [1.54, 1.807) is 18.5 Å². The predicted molar refractivity (Wildman–Crippen MR) is 97.9 cm³/mol. The van der Waals surface area contributed by atoms with E-state index in [-0.39, 0.29) is 11.6 Å². The second-order valence-electron chi connectivity index (χ2n) is 5.86. The molecule has 0 spiro atoms. The number of aryl methyl sites for hydroxylation is 1. The van der Waals surface area contributed by atoms with Crippen LogP contribution in [0.2, 0.25) is 0 Å². The van der Waals surface area contributed by atoms with Crippen molar-refractivity contribution in [1.29, 1.82) is 0 Å². The Morgan fingerprint density at radius 1 is 1.08 bits per heavy atom. The van der Waals surface area contributed by atoms with Gasteiger partial charge in [0.15, 0.2) is 0 Å². The Labute approximate surface area is 151 Å². The molecule has 7 heteroatoms. The number of carbonyl (C=O) groups is 1. The Morgan fingerprint density at radius 2 is 1.85 bits per heavy atom. The van der Waals surface area contributed by atoms with E-state index in [0.29, 0.717) is 17.3 Å². The van der Waals surface area contributed by atoms with Crippen molar-refractivity contribution in [1.82, 2.24) is 19.9 Å². The summed E-state index contributed by atoms with van der Waals surface area (Å²) in [5.41, 5.74) is 3.26. The molecule has 2 N–H and O–H groups in total. The highest BCUT2D eigenvalue weighted by Crippen LogP contribution is 2.21. The van der Waals surface area contributed by atoms with E-state index in [9.17, 15) is 4.79 Å². The van der Waals surface area contributed by atoms with Crippen LogP contribution in [0.15, 0.2) is 48.9 Å². The van der Waals surface area contributed by atoms with Crippen LogP contribution in [0, 0.1) is 6.92 Å². The SMILES string of the molecule is CC[C@@H](Nc1nccc(-c2cc(C(=O)O)ccn2)n1)c1cc(C)ccn1. The molecule has 0 aromatic carbocycles. The Bertz CT molecular complexity index is 929. The fraction of sp³-hybridized carbons (Fsp3) is 0.211. The minimum absolute atomic E-state index is 0.0246. The van der Waals surface area contributed by atoms with Gasteiger partial charge < -0.3 is 10.4 Å². The van der Waals surface area contributed by atoms with Crippen molar-refractivity contribution in [3.8, 4) is 11.4 Å². The molecule has 3 heterocycles. The first kappa shape index (κ1) is 17.5. The second kappa shape index (κ2) is 7.69. The molecule has 132 valence electrons. The van der Waals surface area contributed by atoms with Gasteiger partial charge >= 0.3 is 5.97 Å². The number of hydrogen-bond acceptors (Lipinski definition) is 6. The number of hydrogen-bond donors (Lipinski definition) is 2. The van der Waals surface area contributed by atoms with E-state index < -0.39 is 5.97 Å². The van der Waals surface area contributed by atoms with Gasteiger partial charge in [-0.1, -0.05) is 6.92 Å². The molecular weight excluding hydrogens is 330 g/mol. The number of carboxylic acids is 1. The van der Waals surface area contributed by atoms with E-state index >= 15 is 0 Å². The molecular formula is C19H19N5O2. The molecule has 0 radical (unpaired) electrons. The summed E-state index contributed by atoms with van der Waals surface area (Å²) in [4.78, 5) is 28.5. The van der Waals surface area contributed by atoms with Crippen LogP contribution in [0.25, 0.3) is 11.4 Å². The molecule has 26 heavy (non-hydrogen) atoms. The first-order valence-electron chi connectivity index (χ1n) is 8.28. The van der Waals surface area contributed by atoms with Crippen molar-refractivity contribution >= 4 is 11.9 Å². The quantitative estimate of drug-likeness (QED) is 0.702. The van der Waals surface area contributed by atoms with E-state index in [4.69, 9.17) is 5.11 Å². The van der Waals surface area contributed by atoms with Gasteiger partial charge in [-0.15, -0.1) is 0 Å². The van der Waals surface area contributed by atoms with Crippen molar-refractivity contribution in [2.75, 3.05) is 5.32 Å². The molecule has 7 nitrogen and oxygen atoms in total. The Hall–Kier alpha value is -3.35. The molecule has 3 rings (SSSR count). The second-order valence-corrected chi connectivity index (χ2v) is 5.86. The van der Waals surface area contributed by atoms with Crippen LogP contribution in [-0.4, -0.2) is 31.0 Å². The summed E-state index contributed by atoms with van der Waals surface area (Å²) < 4.78 is 0. The normalized spacial score (nSPS) is 11.8. The van der Waals surface area contributed by atoms with Gasteiger partial charge in [0.05, 0.1) is 28.7 Å². The molecule has 0 amide bonds. The molecule has 3 aromatic rings. The van der Waals surface area contributed by atoms with Gasteiger partial charge in [0.2, 0.25) is 5.95 Å². The molecule has 1 atom stereocenters. The summed E-state index contributed by atoms with van der Waals surface area (Å²) >= 11 is 0. The maximum absolute atomic E-state index is 11.1. The smallest absolute Gasteiger partial charge is 0.335 e. The lowest BCUT2D eigenvalue weighted by Gasteiger charge is -2.17. The van der Waals surface area contributed by atoms with Gasteiger partial charge in [0.25, 0.3) is 0 Å². The number of rotatable bonds is 6. The van der Waals surface area contributed by atoms with Crippen LogP contribution in [0.3, 0.4) is 0 Å². The fourth-order valence-corrected chi connectivity index (χ4v) is 2.57. The van der Waals surface area contributed by atoms with Gasteiger partial charge in [-0.05, 0) is 49.2 Å². The summed E-state index contributed by atoms with van der Waals surface area (Å²) in [7, 11) is 0. The maximum atomic E-state index is 11.1. The topological polar surface area (TPSA) is 101 Å². The van der Waals surface area contributed by atoms with Crippen LogP contribution in [0.1, 0.15) is 41.0 Å². The zero-order valence-corrected chi connectivity index (χ0v) is 14.5. The third kappa shape index (κ3) is 4.00. The zero-order valence-electron chi connectivity index (χ0n) is 14.5. The summed E-state index contributed by atoms with van der Waals surface area (Å²) in [6, 6.07) is 8.60. The highest BCUT2D eigenvalue weighted by Gasteiger charge is 2.13. The van der Waals surface area contributed by atoms with Crippen molar-refractivity contribution < 1.29 is 9.90 Å². The monoisotopic (exact) mass is 349 g/mol. The number of nitrogens with zero attached hydrogens (tertiary/aromatic N) is 4. The molecule has 0 fully saturated rings. The summed E-state index contributed by atoms with van der Waals surface area (Å²) in [6.45, 7) is 4.08. The summed E-state index contributed by atoms with van der Waals surface area (Å²) in [5.74, 6) is -0.558. The summed E-state index contributed by atoms with van der Waals surface area (Å²) in [6.07, 6.45) is 5.68. The van der Waals surface area contributed by atoms with Crippen molar-refractivity contribution in [2.24, 2.45) is 0 Å². The zero-order chi connectivity index (χ0) is 18.5. The van der Waals surface area contributed by atoms with E-state index in [1.165, 1.54) is 18.3 Å². The van der Waals surface area contributed by atoms with Crippen molar-refractivity contribution in [3.05, 3.63) is 65.7 Å². The van der Waals surface area contributed by atoms with Gasteiger partial charge in [-0.25, -0.2) is 14.8 Å². The number of carboxylic acid groups (broad SMARTS) is 1. The van der Waals surface area contributed by atoms with Gasteiger partial charge in [0, 0.05) is 18.6 Å². The number of aromatic nitrogens is 4. The third-order valence-corrected chi connectivity index (χ3v) is 3.93. The van der Waals surface area contributed by atoms with Crippen LogP contribution in [0.4, 0.5) is 5.95 Å². The minimum Gasteiger partial charge on any atom is -0.478 e. The first-order valence-corrected chi connectivity index (χ1v) is 8.28. The highest BCUT2D eigenvalue weighted by atomic mass is 16.4. The van der Waals surface area contributed by atoms with E-state index in [0.717, 1.165) is 17.7 Å². The van der Waals surface area contributed by atoms with Crippen molar-refractivity contribution in [2.45, 2.75) is 26.3 Å². The molecule has 3 aromatic heterocycles. The standard InChI is InChI=1S/C19H19N5O2/c1-3-14(16-10-12(2)4-7-20-16)23-19-22-9-6-15(24-19)17-11-13(18(25)26)5-8-21-17/h4-11,14H,3H2,1-2H3,(H,25,26)(H,22,23,24)/t14-/m1/s1. The lowest BCUT2D eigenvalue weighted by molar-refractivity contribution is 0.0697. The average Bonchev–Trinajstić information content (AvgIpc) is 2.66. The fourth-order valence-electron chi connectivity index (χ4n) is 2.57. The van der Waals surface area contributed by atoms with Crippen molar-refractivity contribution in [3.63, 3.8) is 0 Å². The molecule has 0 aliphatic heterocycles. The van der Waals surface area contributed by atoms with E-state index in [1.807, 2.05) is 19.1 Å². The van der Waals surface area contributed by atoms with Gasteiger partial charge in [0.1, 0.15) is 0 Å². The van der Waals surface area contributed by atoms with Gasteiger partial charge in [-0.3, -0.25) is 9.97 Å². The molecule has 0 aliphatic rings. The van der Waals surface area contributed by atoms with Crippen LogP contribution in [0.5, 0.6) is 0 Å². The van der Waals surface area contributed by atoms with E-state index in [2.05, 4.69) is 32.2 Å². The minimum atomic E-state index is -1.00. The average molecular weight is 349 g/mol. The van der Waals surface area contributed by atoms with Gasteiger partial charge in [-0.2, -0.15) is 0 Å². The number of anilines is 1. The molecule has 0 aliphatic carbocycles. The number of nitrogens with one attached hydrogen (secondary N) is 1. The largest absolute Gasteiger partial charge is 0.478 e. The molecule has 0 saturated heterocycles. The highest BCUT2D eigenvalue weighted by molar-refractivity contribution is 5.88. The van der Waals surface area contributed by atoms with Crippen LogP contribution < -0.4 is 5.32 Å². The third-order valence-electron chi connectivity index (χ3n) is 3.93. The number of pyridine rings is 2. The molecule has 0 unspecified atom stereocenters. The van der Waals surface area contributed by atoms with Crippen LogP contribution >= 0.6 is 0 Å². The Kier molecular flexibility index (Phi) is 5.17. The maximum Gasteiger partial charge on any atom is 0.335 e. The van der Waals surface area contributed by atoms with Crippen LogP contribution in [-0.2, 0) is 0 Å². The number of aromatic carboxylic acids is 1. The Balaban J connectivity index is 1.87. The lowest BCUT2D eigenvalue weighted by atomic mass is 10.1. The summed E-state index contributed by atoms with van der Waals surface area (Å²) in [5, 5.41) is 12.4. The predicted octanol–water partition coefficient (Wildman–Crippen LogP) is 3.50.